The van der Waals surface area contributed by atoms with Gasteiger partial charge in [0.25, 0.3) is 0 Å². The van der Waals surface area contributed by atoms with Crippen LogP contribution >= 0.6 is 0 Å². The maximum absolute atomic E-state index is 3.80. The van der Waals surface area contributed by atoms with E-state index >= 15 is 0 Å². The van der Waals surface area contributed by atoms with E-state index < -0.39 is 0 Å². The van der Waals surface area contributed by atoms with Gasteiger partial charge in [-0.3, -0.25) is 4.90 Å². The summed E-state index contributed by atoms with van der Waals surface area (Å²) >= 11 is 0. The molecule has 0 spiro atoms. The lowest BCUT2D eigenvalue weighted by Crippen LogP contribution is -2.59. The summed E-state index contributed by atoms with van der Waals surface area (Å²) < 4.78 is 0. The molecule has 2 fully saturated rings. The molecule has 3 rings (SSSR count). The first-order chi connectivity index (χ1) is 10.2. The van der Waals surface area contributed by atoms with E-state index in [9.17, 15) is 0 Å². The highest BCUT2D eigenvalue weighted by Gasteiger charge is 2.47. The van der Waals surface area contributed by atoms with Crippen molar-refractivity contribution in [2.24, 2.45) is 5.92 Å². The number of hydrogen-bond acceptors (Lipinski definition) is 3. The summed E-state index contributed by atoms with van der Waals surface area (Å²) in [5.41, 5.74) is 1.53. The van der Waals surface area contributed by atoms with Crippen LogP contribution in [-0.2, 0) is 0 Å². The molecule has 21 heavy (non-hydrogen) atoms. The molecule has 1 aromatic carbocycles. The molecule has 116 valence electrons. The van der Waals surface area contributed by atoms with Crippen LogP contribution in [0.1, 0.15) is 24.8 Å². The number of nitrogens with zero attached hydrogens (tertiary/aromatic N) is 2. The predicted octanol–water partition coefficient (Wildman–Crippen LogP) is 2.01. The number of nitrogens with one attached hydrogen (secondary N) is 1. The third-order valence-corrected chi connectivity index (χ3v) is 5.28. The van der Waals surface area contributed by atoms with Crippen molar-refractivity contribution in [1.82, 2.24) is 15.1 Å². The number of rotatable bonds is 5. The van der Waals surface area contributed by atoms with Crippen molar-refractivity contribution in [3.8, 4) is 0 Å². The summed E-state index contributed by atoms with van der Waals surface area (Å²) in [7, 11) is 4.55. The largest absolute Gasteiger partial charge is 0.312 e. The zero-order valence-corrected chi connectivity index (χ0v) is 13.6. The van der Waals surface area contributed by atoms with E-state index in [-0.39, 0.29) is 0 Å². The van der Waals surface area contributed by atoms with Crippen LogP contribution in [0.25, 0.3) is 0 Å². The zero-order chi connectivity index (χ0) is 14.8. The molecule has 1 N–H and O–H groups in total. The van der Waals surface area contributed by atoms with Gasteiger partial charge in [-0.15, -0.1) is 0 Å². The van der Waals surface area contributed by atoms with Gasteiger partial charge in [-0.2, -0.15) is 0 Å². The standard InChI is InChI=1S/C18H29N3/c1-4-19-18(17-13-20(2)10-11-21(17)3)16-12-15(16)14-8-6-5-7-9-14/h5-9,15-19H,4,10-13H2,1-3H3. The molecule has 1 aromatic rings. The summed E-state index contributed by atoms with van der Waals surface area (Å²) in [6.07, 6.45) is 1.34. The Balaban J connectivity index is 1.71. The second-order valence-electron chi connectivity index (χ2n) is 6.81. The van der Waals surface area contributed by atoms with Crippen molar-refractivity contribution in [3.63, 3.8) is 0 Å². The van der Waals surface area contributed by atoms with Gasteiger partial charge in [-0.05, 0) is 44.5 Å². The maximum Gasteiger partial charge on any atom is 0.0376 e. The van der Waals surface area contributed by atoms with Gasteiger partial charge >= 0.3 is 0 Å². The lowest BCUT2D eigenvalue weighted by molar-refractivity contribution is 0.0815. The van der Waals surface area contributed by atoms with Crippen molar-refractivity contribution in [3.05, 3.63) is 35.9 Å². The molecule has 1 aliphatic heterocycles. The maximum atomic E-state index is 3.80. The Kier molecular flexibility index (Phi) is 4.63. The van der Waals surface area contributed by atoms with Gasteiger partial charge in [0.15, 0.2) is 0 Å². The van der Waals surface area contributed by atoms with Gasteiger partial charge in [0.2, 0.25) is 0 Å². The minimum absolute atomic E-state index is 0.618. The zero-order valence-electron chi connectivity index (χ0n) is 13.6. The van der Waals surface area contributed by atoms with Crippen LogP contribution in [0.3, 0.4) is 0 Å². The SMILES string of the molecule is CCNC(C1CC1c1ccccc1)C1CN(C)CCN1C. The quantitative estimate of drug-likeness (QED) is 0.894. The highest BCUT2D eigenvalue weighted by molar-refractivity contribution is 5.27. The fourth-order valence-electron chi connectivity index (χ4n) is 3.94. The first-order valence-corrected chi connectivity index (χ1v) is 8.37. The lowest BCUT2D eigenvalue weighted by Gasteiger charge is -2.42. The van der Waals surface area contributed by atoms with E-state index in [1.807, 2.05) is 0 Å². The number of benzene rings is 1. The summed E-state index contributed by atoms with van der Waals surface area (Å²) in [4.78, 5) is 5.04. The van der Waals surface area contributed by atoms with Gasteiger partial charge in [-0.25, -0.2) is 0 Å². The average molecular weight is 287 g/mol. The van der Waals surface area contributed by atoms with Crippen LogP contribution < -0.4 is 5.32 Å². The molecular weight excluding hydrogens is 258 g/mol. The van der Waals surface area contributed by atoms with Crippen LogP contribution in [0.2, 0.25) is 0 Å². The number of hydrogen-bond donors (Lipinski definition) is 1. The smallest absolute Gasteiger partial charge is 0.0376 e. The minimum Gasteiger partial charge on any atom is -0.312 e. The second kappa shape index (κ2) is 6.47. The fraction of sp³-hybridized carbons (Fsp3) is 0.667. The predicted molar refractivity (Wildman–Crippen MR) is 88.7 cm³/mol. The normalized spacial score (nSPS) is 32.0. The van der Waals surface area contributed by atoms with Gasteiger partial charge in [0, 0.05) is 31.7 Å². The van der Waals surface area contributed by atoms with Crippen molar-refractivity contribution in [1.29, 1.82) is 0 Å². The van der Waals surface area contributed by atoms with Gasteiger partial charge in [0.05, 0.1) is 0 Å². The Morgan fingerprint density at radius 1 is 1.19 bits per heavy atom. The van der Waals surface area contributed by atoms with Crippen LogP contribution in [0.4, 0.5) is 0 Å². The summed E-state index contributed by atoms with van der Waals surface area (Å²) in [5.74, 6) is 1.56. The summed E-state index contributed by atoms with van der Waals surface area (Å²) in [5, 5.41) is 3.80. The third-order valence-electron chi connectivity index (χ3n) is 5.28. The van der Waals surface area contributed by atoms with E-state index in [1.54, 1.807) is 0 Å². The van der Waals surface area contributed by atoms with E-state index in [4.69, 9.17) is 0 Å². The Morgan fingerprint density at radius 2 is 1.95 bits per heavy atom. The highest BCUT2D eigenvalue weighted by atomic mass is 15.3. The first kappa shape index (κ1) is 15.0. The van der Waals surface area contributed by atoms with Crippen LogP contribution in [-0.4, -0.2) is 62.2 Å². The molecule has 3 nitrogen and oxygen atoms in total. The molecule has 4 atom stereocenters. The van der Waals surface area contributed by atoms with Crippen LogP contribution in [0, 0.1) is 5.92 Å². The van der Waals surface area contributed by atoms with Gasteiger partial charge in [-0.1, -0.05) is 37.3 Å². The van der Waals surface area contributed by atoms with Gasteiger partial charge in [0.1, 0.15) is 0 Å². The monoisotopic (exact) mass is 287 g/mol. The molecule has 1 aliphatic carbocycles. The minimum atomic E-state index is 0.618. The van der Waals surface area contributed by atoms with E-state index in [0.29, 0.717) is 12.1 Å². The van der Waals surface area contributed by atoms with E-state index in [0.717, 1.165) is 18.4 Å². The average Bonchev–Trinajstić information content (AvgIpc) is 3.29. The molecule has 1 saturated heterocycles. The van der Waals surface area contributed by atoms with Crippen LogP contribution in [0.15, 0.2) is 30.3 Å². The molecule has 0 amide bonds. The molecular formula is C18H29N3. The molecule has 0 radical (unpaired) electrons. The Bertz CT molecular complexity index is 447. The molecule has 0 bridgehead atoms. The first-order valence-electron chi connectivity index (χ1n) is 8.37. The lowest BCUT2D eigenvalue weighted by atomic mass is 9.96. The Labute approximate surface area is 129 Å². The molecule has 1 saturated carbocycles. The molecule has 3 heteroatoms. The second-order valence-corrected chi connectivity index (χ2v) is 6.81. The van der Waals surface area contributed by atoms with Gasteiger partial charge < -0.3 is 10.2 Å². The molecule has 2 aliphatic rings. The third kappa shape index (κ3) is 3.31. The van der Waals surface area contributed by atoms with Crippen LogP contribution in [0.5, 0.6) is 0 Å². The topological polar surface area (TPSA) is 18.5 Å². The Hall–Kier alpha value is -0.900. The van der Waals surface area contributed by atoms with E-state index in [2.05, 4.69) is 66.5 Å². The van der Waals surface area contributed by atoms with Crippen molar-refractivity contribution >= 4 is 0 Å². The summed E-state index contributed by atoms with van der Waals surface area (Å²) in [6, 6.07) is 12.3. The summed E-state index contributed by atoms with van der Waals surface area (Å²) in [6.45, 7) is 6.87. The molecule has 0 aromatic heterocycles. The van der Waals surface area contributed by atoms with E-state index in [1.165, 1.54) is 31.6 Å². The highest BCUT2D eigenvalue weighted by Crippen LogP contribution is 2.50. The van der Waals surface area contributed by atoms with Crippen molar-refractivity contribution in [2.45, 2.75) is 31.3 Å². The fourth-order valence-corrected chi connectivity index (χ4v) is 3.94. The molecule has 1 heterocycles. The number of likely N-dealkylation sites (N-methyl/N-ethyl adjacent to an activating group) is 3. The van der Waals surface area contributed by atoms with Crippen molar-refractivity contribution in [2.75, 3.05) is 40.3 Å². The Morgan fingerprint density at radius 3 is 2.67 bits per heavy atom. The number of piperazine rings is 1. The van der Waals surface area contributed by atoms with Crippen molar-refractivity contribution < 1.29 is 0 Å². The molecule has 4 unspecified atom stereocenters.